The number of fused-ring (bicyclic) bond motifs is 1. The zero-order valence-electron chi connectivity index (χ0n) is 12.3. The van der Waals surface area contributed by atoms with E-state index in [1.54, 1.807) is 23.3 Å². The van der Waals surface area contributed by atoms with Crippen LogP contribution in [0.4, 0.5) is 5.82 Å². The third-order valence-electron chi connectivity index (χ3n) is 3.48. The van der Waals surface area contributed by atoms with Gasteiger partial charge in [-0.2, -0.15) is 9.78 Å². The molecule has 0 bridgehead atoms. The van der Waals surface area contributed by atoms with Crippen LogP contribution < -0.4 is 5.32 Å². The number of nitrogens with one attached hydrogen (secondary N) is 1. The lowest BCUT2D eigenvalue weighted by Gasteiger charge is -2.05. The maximum Gasteiger partial charge on any atom is 0.170 e. The summed E-state index contributed by atoms with van der Waals surface area (Å²) in [7, 11) is 0. The Morgan fingerprint density at radius 2 is 2.09 bits per heavy atom. The van der Waals surface area contributed by atoms with Gasteiger partial charge in [-0.3, -0.25) is 0 Å². The van der Waals surface area contributed by atoms with Crippen LogP contribution in [0.5, 0.6) is 0 Å². The summed E-state index contributed by atoms with van der Waals surface area (Å²) in [6, 6.07) is 9.51. The number of hydrogen-bond donors (Lipinski definition) is 1. The van der Waals surface area contributed by atoms with Gasteiger partial charge in [-0.05, 0) is 24.3 Å². The molecular formula is C16H14N6O. The fourth-order valence-corrected chi connectivity index (χ4v) is 2.39. The molecule has 0 aliphatic heterocycles. The predicted molar refractivity (Wildman–Crippen MR) is 85.4 cm³/mol. The standard InChI is InChI=1S/C16H14N6O/c1-2-7-17-14(5-1)22-16-13(10-21-22)15(19-11-20-16)18-8-6-12-4-3-9-23-12/h1-5,7,9-11H,6,8H2,(H,18,19,20). The van der Waals surface area contributed by atoms with Crippen molar-refractivity contribution in [3.05, 3.63) is 61.1 Å². The summed E-state index contributed by atoms with van der Waals surface area (Å²) >= 11 is 0. The van der Waals surface area contributed by atoms with Crippen molar-refractivity contribution in [2.45, 2.75) is 6.42 Å². The molecule has 0 fully saturated rings. The second-order valence-corrected chi connectivity index (χ2v) is 4.96. The van der Waals surface area contributed by atoms with Gasteiger partial charge >= 0.3 is 0 Å². The lowest BCUT2D eigenvalue weighted by Crippen LogP contribution is -2.07. The van der Waals surface area contributed by atoms with Crippen LogP contribution in [0.15, 0.2) is 59.7 Å². The van der Waals surface area contributed by atoms with Crippen LogP contribution in [-0.2, 0) is 6.42 Å². The fourth-order valence-electron chi connectivity index (χ4n) is 2.39. The number of furan rings is 1. The number of pyridine rings is 1. The Labute approximate surface area is 132 Å². The zero-order valence-corrected chi connectivity index (χ0v) is 12.3. The molecule has 23 heavy (non-hydrogen) atoms. The molecule has 4 heterocycles. The van der Waals surface area contributed by atoms with Gasteiger partial charge in [0, 0.05) is 19.2 Å². The fraction of sp³-hybridized carbons (Fsp3) is 0.125. The number of aromatic nitrogens is 5. The van der Waals surface area contributed by atoms with Crippen molar-refractivity contribution in [3.63, 3.8) is 0 Å². The van der Waals surface area contributed by atoms with Crippen LogP contribution in [0.3, 0.4) is 0 Å². The third kappa shape index (κ3) is 2.64. The van der Waals surface area contributed by atoms with E-state index in [-0.39, 0.29) is 0 Å². The third-order valence-corrected chi connectivity index (χ3v) is 3.48. The summed E-state index contributed by atoms with van der Waals surface area (Å²) in [6.07, 6.45) is 7.46. The van der Waals surface area contributed by atoms with Crippen molar-refractivity contribution in [3.8, 4) is 5.82 Å². The van der Waals surface area contributed by atoms with Crippen LogP contribution in [0.1, 0.15) is 5.76 Å². The first-order valence-corrected chi connectivity index (χ1v) is 7.28. The molecule has 4 rings (SSSR count). The highest BCUT2D eigenvalue weighted by molar-refractivity contribution is 5.86. The molecule has 0 amide bonds. The van der Waals surface area contributed by atoms with Crippen molar-refractivity contribution >= 4 is 16.9 Å². The Kier molecular flexibility index (Phi) is 3.44. The number of anilines is 1. The smallest absolute Gasteiger partial charge is 0.170 e. The Morgan fingerprint density at radius 3 is 2.91 bits per heavy atom. The van der Waals surface area contributed by atoms with Crippen molar-refractivity contribution in [1.82, 2.24) is 24.7 Å². The molecule has 7 nitrogen and oxygen atoms in total. The average molecular weight is 306 g/mol. The predicted octanol–water partition coefficient (Wildman–Crippen LogP) is 2.46. The molecule has 0 aromatic carbocycles. The molecule has 114 valence electrons. The normalized spacial score (nSPS) is 11.0. The van der Waals surface area contributed by atoms with Crippen molar-refractivity contribution in [2.24, 2.45) is 0 Å². The van der Waals surface area contributed by atoms with Gasteiger partial charge in [0.15, 0.2) is 11.5 Å². The van der Waals surface area contributed by atoms with E-state index < -0.39 is 0 Å². The topological polar surface area (TPSA) is 81.7 Å². The van der Waals surface area contributed by atoms with Crippen LogP contribution in [0.2, 0.25) is 0 Å². The largest absolute Gasteiger partial charge is 0.469 e. The number of hydrogen-bond acceptors (Lipinski definition) is 6. The van der Waals surface area contributed by atoms with Gasteiger partial charge in [0.05, 0.1) is 17.8 Å². The molecule has 0 aliphatic rings. The Balaban J connectivity index is 1.60. The van der Waals surface area contributed by atoms with Gasteiger partial charge < -0.3 is 9.73 Å². The highest BCUT2D eigenvalue weighted by Gasteiger charge is 2.11. The van der Waals surface area contributed by atoms with Crippen molar-refractivity contribution in [1.29, 1.82) is 0 Å². The molecule has 1 N–H and O–H groups in total. The van der Waals surface area contributed by atoms with Crippen molar-refractivity contribution in [2.75, 3.05) is 11.9 Å². The van der Waals surface area contributed by atoms with Gasteiger partial charge in [-0.15, -0.1) is 0 Å². The Morgan fingerprint density at radius 1 is 1.09 bits per heavy atom. The average Bonchev–Trinajstić information content (AvgIpc) is 3.25. The minimum Gasteiger partial charge on any atom is -0.469 e. The quantitative estimate of drug-likeness (QED) is 0.610. The zero-order chi connectivity index (χ0) is 15.5. The summed E-state index contributed by atoms with van der Waals surface area (Å²) in [5.74, 6) is 2.42. The first-order chi connectivity index (χ1) is 11.4. The molecule has 0 aliphatic carbocycles. The molecular weight excluding hydrogens is 292 g/mol. The molecule has 0 saturated carbocycles. The SMILES string of the molecule is c1ccc(-n2ncc3c(NCCc4ccco4)ncnc32)nc1. The summed E-state index contributed by atoms with van der Waals surface area (Å²) in [4.78, 5) is 12.9. The van der Waals surface area contributed by atoms with Gasteiger partial charge in [0.25, 0.3) is 0 Å². The highest BCUT2D eigenvalue weighted by atomic mass is 16.3. The molecule has 0 spiro atoms. The molecule has 0 saturated heterocycles. The van der Waals surface area contributed by atoms with E-state index in [2.05, 4.69) is 25.4 Å². The molecule has 4 aromatic heterocycles. The van der Waals surface area contributed by atoms with Crippen LogP contribution in [0, 0.1) is 0 Å². The molecule has 0 atom stereocenters. The minimum atomic E-state index is 0.717. The lowest BCUT2D eigenvalue weighted by molar-refractivity contribution is 0.513. The van der Waals surface area contributed by atoms with Gasteiger partial charge in [-0.25, -0.2) is 15.0 Å². The second kappa shape index (κ2) is 5.88. The minimum absolute atomic E-state index is 0.717. The van der Waals surface area contributed by atoms with E-state index in [9.17, 15) is 0 Å². The summed E-state index contributed by atoms with van der Waals surface area (Å²) < 4.78 is 7.03. The van der Waals surface area contributed by atoms with Crippen LogP contribution in [-0.4, -0.2) is 31.3 Å². The first-order valence-electron chi connectivity index (χ1n) is 7.28. The molecule has 0 radical (unpaired) electrons. The van der Waals surface area contributed by atoms with E-state index in [4.69, 9.17) is 4.42 Å². The maximum absolute atomic E-state index is 5.32. The monoisotopic (exact) mass is 306 g/mol. The van der Waals surface area contributed by atoms with E-state index in [0.29, 0.717) is 6.54 Å². The summed E-state index contributed by atoms with van der Waals surface area (Å²) in [5, 5.41) is 8.54. The van der Waals surface area contributed by atoms with Crippen LogP contribution >= 0.6 is 0 Å². The van der Waals surface area contributed by atoms with Gasteiger partial charge in [-0.1, -0.05) is 6.07 Å². The Hall–Kier alpha value is -3.22. The first kappa shape index (κ1) is 13.4. The molecule has 0 unspecified atom stereocenters. The van der Waals surface area contributed by atoms with E-state index >= 15 is 0 Å². The Bertz CT molecular complexity index is 901. The molecule has 7 heteroatoms. The highest BCUT2D eigenvalue weighted by Crippen LogP contribution is 2.20. The second-order valence-electron chi connectivity index (χ2n) is 4.96. The number of rotatable bonds is 5. The van der Waals surface area contributed by atoms with Gasteiger partial charge in [0.1, 0.15) is 17.9 Å². The number of nitrogens with zero attached hydrogens (tertiary/aromatic N) is 5. The summed E-state index contributed by atoms with van der Waals surface area (Å²) in [6.45, 7) is 0.717. The van der Waals surface area contributed by atoms with Crippen LogP contribution in [0.25, 0.3) is 16.9 Å². The van der Waals surface area contributed by atoms with Crippen molar-refractivity contribution < 1.29 is 4.42 Å². The lowest BCUT2D eigenvalue weighted by atomic mass is 10.3. The molecule has 4 aromatic rings. The van der Waals surface area contributed by atoms with E-state index in [0.717, 1.165) is 34.9 Å². The maximum atomic E-state index is 5.32. The van der Waals surface area contributed by atoms with E-state index in [1.165, 1.54) is 6.33 Å². The summed E-state index contributed by atoms with van der Waals surface area (Å²) in [5.41, 5.74) is 0.721. The van der Waals surface area contributed by atoms with E-state index in [1.807, 2.05) is 30.3 Å². The van der Waals surface area contributed by atoms with Gasteiger partial charge in [0.2, 0.25) is 0 Å².